The molecular formula is C23H24ClNO3S. The summed E-state index contributed by atoms with van der Waals surface area (Å²) in [6.07, 6.45) is 1.27. The zero-order valence-corrected chi connectivity index (χ0v) is 18.5. The van der Waals surface area contributed by atoms with Gasteiger partial charge in [0, 0.05) is 22.1 Å². The Hall–Kier alpha value is -1.95. The van der Waals surface area contributed by atoms with Gasteiger partial charge in [0.25, 0.3) is 0 Å². The third kappa shape index (κ3) is 4.18. The summed E-state index contributed by atoms with van der Waals surface area (Å²) >= 11 is 7.78. The van der Waals surface area contributed by atoms with Crippen molar-refractivity contribution in [2.24, 2.45) is 0 Å². The first-order valence-electron chi connectivity index (χ1n) is 9.74. The van der Waals surface area contributed by atoms with Crippen molar-refractivity contribution in [2.75, 3.05) is 0 Å². The highest BCUT2D eigenvalue weighted by molar-refractivity contribution is 7.19. The number of thiazole rings is 1. The number of carboxylic acids is 1. The average molecular weight is 430 g/mol. The Balaban J connectivity index is 2.01. The lowest BCUT2D eigenvalue weighted by atomic mass is 9.91. The Morgan fingerprint density at radius 3 is 2.48 bits per heavy atom. The van der Waals surface area contributed by atoms with E-state index < -0.39 is 17.7 Å². The highest BCUT2D eigenvalue weighted by Gasteiger charge is 2.33. The Labute approximate surface area is 179 Å². The molecule has 3 aromatic rings. The molecule has 4 nitrogen and oxygen atoms in total. The van der Waals surface area contributed by atoms with Crippen molar-refractivity contribution in [2.45, 2.75) is 58.2 Å². The van der Waals surface area contributed by atoms with Gasteiger partial charge in [-0.05, 0) is 69.9 Å². The maximum Gasteiger partial charge on any atom is 0.337 e. The molecule has 4 rings (SSSR count). The number of carboxylic acid groups (broad SMARTS) is 1. The standard InChI is InChI=1S/C23H24ClNO3S/c1-12-11-16-20(29-21(25-16)14-5-6-14)18(13-7-9-15(24)10-8-13)17(12)19(22(26)27)28-23(2,3)4/h7-11,14,19H,5-6H2,1-4H3,(H,26,27)/t19-/m0/s1. The highest BCUT2D eigenvalue weighted by atomic mass is 35.5. The van der Waals surface area contributed by atoms with Crippen molar-refractivity contribution in [3.8, 4) is 11.1 Å². The lowest BCUT2D eigenvalue weighted by Gasteiger charge is -2.28. The van der Waals surface area contributed by atoms with Crippen molar-refractivity contribution in [1.29, 1.82) is 0 Å². The van der Waals surface area contributed by atoms with E-state index in [0.717, 1.165) is 31.9 Å². The smallest absolute Gasteiger partial charge is 0.337 e. The molecule has 1 aliphatic rings. The van der Waals surface area contributed by atoms with E-state index in [9.17, 15) is 9.90 Å². The minimum Gasteiger partial charge on any atom is -0.479 e. The molecule has 2 aromatic carbocycles. The number of ether oxygens (including phenoxy) is 1. The fraction of sp³-hybridized carbons (Fsp3) is 0.391. The number of benzene rings is 2. The van der Waals surface area contributed by atoms with Crippen LogP contribution in [0.3, 0.4) is 0 Å². The van der Waals surface area contributed by atoms with Crippen LogP contribution in [0.25, 0.3) is 21.3 Å². The van der Waals surface area contributed by atoms with Gasteiger partial charge < -0.3 is 9.84 Å². The van der Waals surface area contributed by atoms with Gasteiger partial charge >= 0.3 is 5.97 Å². The Morgan fingerprint density at radius 2 is 1.93 bits per heavy atom. The van der Waals surface area contributed by atoms with Gasteiger partial charge in [-0.2, -0.15) is 0 Å². The molecule has 0 radical (unpaired) electrons. The van der Waals surface area contributed by atoms with Crippen LogP contribution in [0.2, 0.25) is 5.02 Å². The molecule has 1 aromatic heterocycles. The highest BCUT2D eigenvalue weighted by Crippen LogP contribution is 2.47. The fourth-order valence-electron chi connectivity index (χ4n) is 3.56. The van der Waals surface area contributed by atoms with E-state index in [2.05, 4.69) is 0 Å². The number of carbonyl (C=O) groups is 1. The molecule has 1 fully saturated rings. The summed E-state index contributed by atoms with van der Waals surface area (Å²) in [5.41, 5.74) is 3.68. The summed E-state index contributed by atoms with van der Waals surface area (Å²) in [6.45, 7) is 7.55. The van der Waals surface area contributed by atoms with E-state index in [-0.39, 0.29) is 0 Å². The first kappa shape index (κ1) is 20.3. The summed E-state index contributed by atoms with van der Waals surface area (Å²) < 4.78 is 7.04. The second-order valence-corrected chi connectivity index (χ2v) is 10.1. The zero-order valence-electron chi connectivity index (χ0n) is 17.0. The largest absolute Gasteiger partial charge is 0.479 e. The second kappa shape index (κ2) is 7.38. The molecular weight excluding hydrogens is 406 g/mol. The van der Waals surface area contributed by atoms with Crippen LogP contribution in [0, 0.1) is 6.92 Å². The van der Waals surface area contributed by atoms with Gasteiger partial charge in [-0.1, -0.05) is 23.7 Å². The average Bonchev–Trinajstić information content (AvgIpc) is 3.39. The molecule has 1 N–H and O–H groups in total. The van der Waals surface area contributed by atoms with Crippen LogP contribution < -0.4 is 0 Å². The van der Waals surface area contributed by atoms with Gasteiger partial charge in [0.2, 0.25) is 0 Å². The van der Waals surface area contributed by atoms with Crippen LogP contribution in [-0.4, -0.2) is 21.7 Å². The summed E-state index contributed by atoms with van der Waals surface area (Å²) in [5.74, 6) is -0.458. The quantitative estimate of drug-likeness (QED) is 0.487. The third-order valence-corrected chi connectivity index (χ3v) is 6.46. The molecule has 0 aliphatic heterocycles. The van der Waals surface area contributed by atoms with Gasteiger partial charge in [-0.15, -0.1) is 11.3 Å². The van der Waals surface area contributed by atoms with Crippen molar-refractivity contribution in [3.63, 3.8) is 0 Å². The maximum atomic E-state index is 12.3. The molecule has 1 aliphatic carbocycles. The van der Waals surface area contributed by atoms with Gasteiger partial charge in [-0.25, -0.2) is 9.78 Å². The van der Waals surface area contributed by atoms with Crippen LogP contribution in [0.1, 0.15) is 61.8 Å². The number of halogens is 1. The molecule has 1 atom stereocenters. The number of aromatic nitrogens is 1. The van der Waals surface area contributed by atoms with Crippen molar-refractivity contribution < 1.29 is 14.6 Å². The van der Waals surface area contributed by atoms with Crippen LogP contribution in [0.5, 0.6) is 0 Å². The number of fused-ring (bicyclic) bond motifs is 1. The predicted molar refractivity (Wildman–Crippen MR) is 118 cm³/mol. The van der Waals surface area contributed by atoms with Crippen molar-refractivity contribution >= 4 is 39.1 Å². The van der Waals surface area contributed by atoms with Gasteiger partial charge in [0.05, 0.1) is 20.8 Å². The van der Waals surface area contributed by atoms with E-state index in [1.54, 1.807) is 11.3 Å². The zero-order chi connectivity index (χ0) is 20.9. The predicted octanol–water partition coefficient (Wildman–Crippen LogP) is 6.74. The number of rotatable bonds is 5. The summed E-state index contributed by atoms with van der Waals surface area (Å²) in [4.78, 5) is 17.1. The molecule has 0 spiro atoms. The van der Waals surface area contributed by atoms with E-state index >= 15 is 0 Å². The molecule has 152 valence electrons. The third-order valence-electron chi connectivity index (χ3n) is 4.96. The Kier molecular flexibility index (Phi) is 5.18. The van der Waals surface area contributed by atoms with E-state index in [1.165, 1.54) is 12.8 Å². The molecule has 0 amide bonds. The molecule has 0 unspecified atom stereocenters. The molecule has 1 saturated carbocycles. The number of aliphatic carboxylic acids is 1. The monoisotopic (exact) mass is 429 g/mol. The van der Waals surface area contributed by atoms with E-state index in [1.807, 2.05) is 58.0 Å². The second-order valence-electron chi connectivity index (χ2n) is 8.61. The van der Waals surface area contributed by atoms with Crippen molar-refractivity contribution in [1.82, 2.24) is 4.98 Å². The van der Waals surface area contributed by atoms with Crippen LogP contribution >= 0.6 is 22.9 Å². The Morgan fingerprint density at radius 1 is 1.28 bits per heavy atom. The van der Waals surface area contributed by atoms with Crippen molar-refractivity contribution in [3.05, 3.63) is 51.5 Å². The van der Waals surface area contributed by atoms with Crippen LogP contribution in [-0.2, 0) is 9.53 Å². The SMILES string of the molecule is Cc1cc2nc(C3CC3)sc2c(-c2ccc(Cl)cc2)c1[C@H](OC(C)(C)C)C(=O)O. The van der Waals surface area contributed by atoms with E-state index in [0.29, 0.717) is 16.5 Å². The van der Waals surface area contributed by atoms with E-state index in [4.69, 9.17) is 21.3 Å². The van der Waals surface area contributed by atoms with Crippen LogP contribution in [0.15, 0.2) is 30.3 Å². The topological polar surface area (TPSA) is 59.4 Å². The molecule has 0 bridgehead atoms. The minimum absolute atomic E-state index is 0.537. The van der Waals surface area contributed by atoms with Crippen LogP contribution in [0.4, 0.5) is 0 Å². The lowest BCUT2D eigenvalue weighted by molar-refractivity contribution is -0.160. The number of nitrogens with zero attached hydrogens (tertiary/aromatic N) is 1. The van der Waals surface area contributed by atoms with Gasteiger partial charge in [-0.3, -0.25) is 0 Å². The fourth-order valence-corrected chi connectivity index (χ4v) is 4.98. The molecule has 0 saturated heterocycles. The lowest BCUT2D eigenvalue weighted by Crippen LogP contribution is -2.28. The molecule has 29 heavy (non-hydrogen) atoms. The normalized spacial score (nSPS) is 15.6. The summed E-state index contributed by atoms with van der Waals surface area (Å²) in [5, 5.41) is 11.8. The number of aryl methyl sites for hydroxylation is 1. The minimum atomic E-state index is -1.07. The molecule has 1 heterocycles. The van der Waals surface area contributed by atoms with Gasteiger partial charge in [0.1, 0.15) is 0 Å². The maximum absolute atomic E-state index is 12.3. The first-order chi connectivity index (χ1) is 13.6. The first-order valence-corrected chi connectivity index (χ1v) is 10.9. The van der Waals surface area contributed by atoms with Gasteiger partial charge in [0.15, 0.2) is 6.10 Å². The summed E-state index contributed by atoms with van der Waals surface area (Å²) in [7, 11) is 0. The summed E-state index contributed by atoms with van der Waals surface area (Å²) in [6, 6.07) is 9.53. The number of hydrogen-bond acceptors (Lipinski definition) is 4. The molecule has 6 heteroatoms. The number of hydrogen-bond donors (Lipinski definition) is 1. The Bertz CT molecular complexity index is 1080.